The maximum Gasteiger partial charge on any atom is 0.119 e. The number of hydrogen-bond donors (Lipinski definition) is 1. The van der Waals surface area contributed by atoms with Gasteiger partial charge in [0.15, 0.2) is 0 Å². The van der Waals surface area contributed by atoms with Crippen molar-refractivity contribution in [3.05, 3.63) is 30.3 Å². The van der Waals surface area contributed by atoms with E-state index in [1.165, 1.54) is 32.1 Å². The highest BCUT2D eigenvalue weighted by atomic mass is 16.5. The lowest BCUT2D eigenvalue weighted by Crippen LogP contribution is -1.98. The van der Waals surface area contributed by atoms with Gasteiger partial charge in [0.05, 0.1) is 6.61 Å². The molecule has 0 heterocycles. The second kappa shape index (κ2) is 9.22. The average Bonchev–Trinajstić information content (AvgIpc) is 2.34. The minimum atomic E-state index is 0.830. The third-order valence-electron chi connectivity index (χ3n) is 2.61. The van der Waals surface area contributed by atoms with Crippen LogP contribution in [0.25, 0.3) is 0 Å². The van der Waals surface area contributed by atoms with Crippen LogP contribution < -0.4 is 10.5 Å². The second-order valence-corrected chi connectivity index (χ2v) is 4.07. The summed E-state index contributed by atoms with van der Waals surface area (Å²) >= 11 is 0. The van der Waals surface area contributed by atoms with Crippen LogP contribution in [0.15, 0.2) is 30.3 Å². The van der Waals surface area contributed by atoms with Gasteiger partial charge in [-0.05, 0) is 31.5 Å². The number of ether oxygens (including phenoxy) is 1. The van der Waals surface area contributed by atoms with Gasteiger partial charge in [0.1, 0.15) is 5.75 Å². The smallest absolute Gasteiger partial charge is 0.119 e. The molecule has 0 aliphatic heterocycles. The molecule has 0 fully saturated rings. The summed E-state index contributed by atoms with van der Waals surface area (Å²) in [6, 6.07) is 10.0. The molecule has 1 aromatic rings. The molecule has 2 nitrogen and oxygen atoms in total. The Labute approximate surface area is 98.8 Å². The Morgan fingerprint density at radius 1 is 0.812 bits per heavy atom. The largest absolute Gasteiger partial charge is 0.494 e. The van der Waals surface area contributed by atoms with Crippen LogP contribution in [-0.2, 0) is 0 Å². The van der Waals surface area contributed by atoms with Crippen LogP contribution >= 0.6 is 0 Å². The number of rotatable bonds is 9. The Bertz CT molecular complexity index is 248. The Morgan fingerprint density at radius 2 is 1.44 bits per heavy atom. The molecular formula is C14H23NO. The first-order chi connectivity index (χ1) is 7.93. The zero-order chi connectivity index (χ0) is 11.5. The Kier molecular flexibility index (Phi) is 7.52. The Morgan fingerprint density at radius 3 is 2.12 bits per heavy atom. The van der Waals surface area contributed by atoms with Crippen molar-refractivity contribution in [1.29, 1.82) is 0 Å². The molecule has 0 saturated heterocycles. The first-order valence-corrected chi connectivity index (χ1v) is 6.31. The highest BCUT2D eigenvalue weighted by Gasteiger charge is 1.93. The molecule has 0 unspecified atom stereocenters. The minimum Gasteiger partial charge on any atom is -0.494 e. The molecule has 1 rings (SSSR count). The monoisotopic (exact) mass is 221 g/mol. The molecule has 0 amide bonds. The van der Waals surface area contributed by atoms with Gasteiger partial charge in [-0.3, -0.25) is 0 Å². The number of unbranched alkanes of at least 4 members (excludes halogenated alkanes) is 5. The van der Waals surface area contributed by atoms with E-state index in [0.717, 1.165) is 25.3 Å². The van der Waals surface area contributed by atoms with E-state index in [-0.39, 0.29) is 0 Å². The van der Waals surface area contributed by atoms with Gasteiger partial charge in [0.25, 0.3) is 0 Å². The van der Waals surface area contributed by atoms with Gasteiger partial charge in [-0.2, -0.15) is 0 Å². The topological polar surface area (TPSA) is 35.2 Å². The maximum absolute atomic E-state index is 5.61. The molecule has 16 heavy (non-hydrogen) atoms. The van der Waals surface area contributed by atoms with Gasteiger partial charge in [0, 0.05) is 0 Å². The van der Waals surface area contributed by atoms with Crippen LogP contribution in [0.2, 0.25) is 0 Å². The summed E-state index contributed by atoms with van der Waals surface area (Å²) in [5.74, 6) is 0.977. The third kappa shape index (κ3) is 6.46. The number of para-hydroxylation sites is 1. The first-order valence-electron chi connectivity index (χ1n) is 6.31. The van der Waals surface area contributed by atoms with E-state index in [2.05, 4.69) is 0 Å². The summed E-state index contributed by atoms with van der Waals surface area (Å²) in [7, 11) is 0. The lowest BCUT2D eigenvalue weighted by Gasteiger charge is -2.05. The molecule has 2 N–H and O–H groups in total. The van der Waals surface area contributed by atoms with Crippen LogP contribution in [0.5, 0.6) is 5.75 Å². The molecule has 0 aliphatic rings. The number of benzene rings is 1. The van der Waals surface area contributed by atoms with E-state index in [1.807, 2.05) is 30.3 Å². The van der Waals surface area contributed by atoms with E-state index in [1.54, 1.807) is 0 Å². The zero-order valence-electron chi connectivity index (χ0n) is 10.0. The summed E-state index contributed by atoms with van der Waals surface area (Å²) < 4.78 is 5.61. The average molecular weight is 221 g/mol. The lowest BCUT2D eigenvalue weighted by molar-refractivity contribution is 0.304. The van der Waals surface area contributed by atoms with Crippen LogP contribution in [0, 0.1) is 0 Å². The zero-order valence-corrected chi connectivity index (χ0v) is 10.0. The van der Waals surface area contributed by atoms with Crippen LogP contribution in [0.3, 0.4) is 0 Å². The van der Waals surface area contributed by atoms with Crippen molar-refractivity contribution in [2.24, 2.45) is 5.73 Å². The highest BCUT2D eigenvalue weighted by molar-refractivity contribution is 5.20. The fourth-order valence-electron chi connectivity index (χ4n) is 1.66. The lowest BCUT2D eigenvalue weighted by atomic mass is 10.1. The van der Waals surface area contributed by atoms with E-state index >= 15 is 0 Å². The van der Waals surface area contributed by atoms with Crippen LogP contribution in [0.1, 0.15) is 38.5 Å². The quantitative estimate of drug-likeness (QED) is 0.649. The molecule has 2 heteroatoms. The van der Waals surface area contributed by atoms with E-state index in [0.29, 0.717) is 0 Å². The van der Waals surface area contributed by atoms with Crippen molar-refractivity contribution in [2.45, 2.75) is 38.5 Å². The molecule has 0 atom stereocenters. The predicted molar refractivity (Wildman–Crippen MR) is 68.7 cm³/mol. The van der Waals surface area contributed by atoms with Gasteiger partial charge >= 0.3 is 0 Å². The van der Waals surface area contributed by atoms with Crippen LogP contribution in [-0.4, -0.2) is 13.2 Å². The third-order valence-corrected chi connectivity index (χ3v) is 2.61. The Hall–Kier alpha value is -1.02. The predicted octanol–water partition coefficient (Wildman–Crippen LogP) is 3.36. The van der Waals surface area contributed by atoms with Crippen molar-refractivity contribution in [2.75, 3.05) is 13.2 Å². The molecule has 0 aromatic heterocycles. The minimum absolute atomic E-state index is 0.830. The first kappa shape index (κ1) is 13.0. The molecule has 0 aliphatic carbocycles. The fourth-order valence-corrected chi connectivity index (χ4v) is 1.66. The van der Waals surface area contributed by atoms with Gasteiger partial charge in [-0.25, -0.2) is 0 Å². The van der Waals surface area contributed by atoms with E-state index < -0.39 is 0 Å². The molecular weight excluding hydrogens is 198 g/mol. The number of hydrogen-bond acceptors (Lipinski definition) is 2. The van der Waals surface area contributed by atoms with Crippen molar-refractivity contribution >= 4 is 0 Å². The Balaban J connectivity index is 1.89. The van der Waals surface area contributed by atoms with E-state index in [9.17, 15) is 0 Å². The van der Waals surface area contributed by atoms with E-state index in [4.69, 9.17) is 10.5 Å². The second-order valence-electron chi connectivity index (χ2n) is 4.07. The van der Waals surface area contributed by atoms with Crippen molar-refractivity contribution in [1.82, 2.24) is 0 Å². The maximum atomic E-state index is 5.61. The SMILES string of the molecule is NCCCCCCCCOc1ccccc1. The van der Waals surface area contributed by atoms with Gasteiger partial charge in [-0.1, -0.05) is 43.9 Å². The van der Waals surface area contributed by atoms with Crippen molar-refractivity contribution in [3.63, 3.8) is 0 Å². The molecule has 90 valence electrons. The molecule has 0 radical (unpaired) electrons. The molecule has 1 aromatic carbocycles. The normalized spacial score (nSPS) is 10.3. The molecule has 0 bridgehead atoms. The summed E-state index contributed by atoms with van der Waals surface area (Å²) in [5, 5.41) is 0. The summed E-state index contributed by atoms with van der Waals surface area (Å²) in [6.07, 6.45) is 7.46. The van der Waals surface area contributed by atoms with Crippen molar-refractivity contribution < 1.29 is 4.74 Å². The summed E-state index contributed by atoms with van der Waals surface area (Å²) in [6.45, 7) is 1.66. The van der Waals surface area contributed by atoms with Gasteiger partial charge in [0.2, 0.25) is 0 Å². The van der Waals surface area contributed by atoms with Gasteiger partial charge < -0.3 is 10.5 Å². The molecule has 0 saturated carbocycles. The standard InChI is InChI=1S/C14H23NO/c15-12-8-3-1-2-4-9-13-16-14-10-6-5-7-11-14/h5-7,10-11H,1-4,8-9,12-13,15H2. The van der Waals surface area contributed by atoms with Crippen molar-refractivity contribution in [3.8, 4) is 5.75 Å². The highest BCUT2D eigenvalue weighted by Crippen LogP contribution is 2.10. The molecule has 0 spiro atoms. The van der Waals surface area contributed by atoms with Crippen LogP contribution in [0.4, 0.5) is 0 Å². The summed E-state index contributed by atoms with van der Waals surface area (Å²) in [5.41, 5.74) is 5.44. The number of nitrogens with two attached hydrogens (primary N) is 1. The van der Waals surface area contributed by atoms with Gasteiger partial charge in [-0.15, -0.1) is 0 Å². The summed E-state index contributed by atoms with van der Waals surface area (Å²) in [4.78, 5) is 0. The fraction of sp³-hybridized carbons (Fsp3) is 0.571.